The minimum Gasteiger partial charge on any atom is -0.339 e. The molecule has 0 rings (SSSR count). The van der Waals surface area contributed by atoms with Gasteiger partial charge in [0.2, 0.25) is 0 Å². The first-order chi connectivity index (χ1) is 3.81. The maximum atomic E-state index is 9.73. The molecule has 0 saturated heterocycles. The van der Waals surface area contributed by atoms with Gasteiger partial charge in [0.25, 0.3) is 6.08 Å². The van der Waals surface area contributed by atoms with Gasteiger partial charge in [-0.15, -0.1) is 0 Å². The molecule has 2 N–H and O–H groups in total. The Hall–Kier alpha value is -1.39. The zero-order chi connectivity index (χ0) is 6.41. The average Bonchev–Trinajstić information content (AvgIpc) is 1.83. The lowest BCUT2D eigenvalue weighted by Crippen LogP contribution is -2.08. The third-order valence-electron chi connectivity index (χ3n) is 0.254. The molecular weight excluding hydrogens is 116 g/mol. The fourth-order valence-corrected chi connectivity index (χ4v) is 0.0774. The quantitative estimate of drug-likeness (QED) is 0.212. The molecule has 0 radical (unpaired) electrons. The number of carbonyl (C=O) groups is 1. The Labute approximate surface area is 43.8 Å². The first-order valence-corrected chi connectivity index (χ1v) is 1.46. The third kappa shape index (κ3) is 2.83. The maximum absolute atomic E-state index is 9.73. The summed E-state index contributed by atoms with van der Waals surface area (Å²) in [5, 5.41) is 2.38. The highest BCUT2D eigenvalue weighted by atomic mass is 16.8. The Balaban J connectivity index is 3.39. The lowest BCUT2D eigenvalue weighted by Gasteiger charge is -1.86. The van der Waals surface area contributed by atoms with Crippen LogP contribution < -0.4 is 5.90 Å². The van der Waals surface area contributed by atoms with Crippen LogP contribution in [0.3, 0.4) is 0 Å². The van der Waals surface area contributed by atoms with Crippen LogP contribution in [0.15, 0.2) is 5.16 Å². The third-order valence-corrected chi connectivity index (χ3v) is 0.254. The van der Waals surface area contributed by atoms with Gasteiger partial charge in [0, 0.05) is 5.16 Å². The van der Waals surface area contributed by atoms with Crippen LogP contribution in [0.1, 0.15) is 0 Å². The number of carbonyl (C=O) groups excluding carboxylic acids is 2. The fraction of sp³-hybridized carbons (Fsp3) is 0. The Morgan fingerprint density at radius 1 is 1.75 bits per heavy atom. The van der Waals surface area contributed by atoms with Gasteiger partial charge in [0.1, 0.15) is 0 Å². The molecule has 0 bridgehead atoms. The van der Waals surface area contributed by atoms with Crippen LogP contribution in [0, 0.1) is 0 Å². The summed E-state index contributed by atoms with van der Waals surface area (Å²) in [6.45, 7) is 0. The first-order valence-electron chi connectivity index (χ1n) is 1.46. The normalized spacial score (nSPS) is 6.62. The van der Waals surface area contributed by atoms with Crippen molar-refractivity contribution in [3.63, 3.8) is 0 Å². The molecule has 0 aromatic heterocycles. The van der Waals surface area contributed by atoms with E-state index < -0.39 is 6.16 Å². The summed E-state index contributed by atoms with van der Waals surface area (Å²) in [5.41, 5.74) is 0. The molecule has 0 unspecified atom stereocenters. The largest absolute Gasteiger partial charge is 0.555 e. The van der Waals surface area contributed by atoms with Gasteiger partial charge in [-0.3, -0.25) is 4.84 Å². The fourth-order valence-electron chi connectivity index (χ4n) is 0.0774. The lowest BCUT2D eigenvalue weighted by atomic mass is 11.4. The van der Waals surface area contributed by atoms with Gasteiger partial charge in [-0.25, -0.2) is 4.79 Å². The molecule has 0 aromatic rings. The van der Waals surface area contributed by atoms with Crippen molar-refractivity contribution < 1.29 is 19.3 Å². The molecule has 0 atom stereocenters. The van der Waals surface area contributed by atoms with Crippen molar-refractivity contribution in [3.8, 4) is 0 Å². The summed E-state index contributed by atoms with van der Waals surface area (Å²) in [5.74, 6) is 4.25. The summed E-state index contributed by atoms with van der Waals surface area (Å²) in [4.78, 5) is 25.9. The molecule has 8 heavy (non-hydrogen) atoms. The lowest BCUT2D eigenvalue weighted by molar-refractivity contribution is 0.0572. The van der Waals surface area contributed by atoms with Crippen LogP contribution in [-0.4, -0.2) is 12.2 Å². The van der Waals surface area contributed by atoms with E-state index in [4.69, 9.17) is 4.79 Å². The van der Waals surface area contributed by atoms with Crippen LogP contribution in [0.4, 0.5) is 4.79 Å². The average molecular weight is 118 g/mol. The summed E-state index contributed by atoms with van der Waals surface area (Å²) >= 11 is 0. The number of hydrogen-bond donors (Lipinski definition) is 1. The van der Waals surface area contributed by atoms with Gasteiger partial charge >= 0.3 is 6.16 Å². The minimum absolute atomic E-state index is 0.929. The molecule has 0 aliphatic heterocycles. The molecule has 0 fully saturated rings. The van der Waals surface area contributed by atoms with Gasteiger partial charge in [-0.2, -0.15) is 10.7 Å². The van der Waals surface area contributed by atoms with Crippen molar-refractivity contribution in [2.75, 3.05) is 0 Å². The monoisotopic (exact) mass is 118 g/mol. The van der Waals surface area contributed by atoms with Crippen molar-refractivity contribution in [3.05, 3.63) is 0 Å². The number of nitrogens with zero attached hydrogens (tertiary/aromatic N) is 1. The molecule has 6 nitrogen and oxygen atoms in total. The molecule has 0 amide bonds. The van der Waals surface area contributed by atoms with Crippen molar-refractivity contribution in [1.29, 1.82) is 0 Å². The molecule has 0 spiro atoms. The predicted molar refractivity (Wildman–Crippen MR) is 19.9 cm³/mol. The zero-order valence-corrected chi connectivity index (χ0v) is 3.66. The zero-order valence-electron chi connectivity index (χ0n) is 3.66. The maximum Gasteiger partial charge on any atom is 0.555 e. The van der Waals surface area contributed by atoms with Crippen LogP contribution in [-0.2, 0) is 14.5 Å². The standard InChI is InChI=1S/C2H2N2O4/c3-7-2(6)8-4-1-5/h3H2. The topological polar surface area (TPSA) is 91.0 Å². The summed E-state index contributed by atoms with van der Waals surface area (Å²) in [6, 6.07) is 0. The molecule has 0 saturated carbocycles. The van der Waals surface area contributed by atoms with E-state index in [1.54, 1.807) is 0 Å². The van der Waals surface area contributed by atoms with E-state index in [0.717, 1.165) is 6.08 Å². The van der Waals surface area contributed by atoms with Crippen molar-refractivity contribution in [1.82, 2.24) is 0 Å². The second-order valence-corrected chi connectivity index (χ2v) is 0.642. The Kier molecular flexibility index (Phi) is 3.13. The number of isocyanates is 1. The molecule has 0 heterocycles. The molecule has 0 aliphatic rings. The highest BCUT2D eigenvalue weighted by molar-refractivity contribution is 5.59. The molecule has 44 valence electrons. The van der Waals surface area contributed by atoms with Crippen LogP contribution in [0.5, 0.6) is 0 Å². The van der Waals surface area contributed by atoms with Crippen LogP contribution in [0.25, 0.3) is 0 Å². The van der Waals surface area contributed by atoms with Gasteiger partial charge in [-0.1, -0.05) is 0 Å². The molecule has 0 aromatic carbocycles. The van der Waals surface area contributed by atoms with E-state index in [2.05, 4.69) is 20.7 Å². The van der Waals surface area contributed by atoms with Gasteiger partial charge in [0.05, 0.1) is 0 Å². The number of nitrogens with two attached hydrogens (primary N) is 1. The Bertz CT molecular complexity index is 126. The SMILES string of the molecule is NOC(=O)ON=C=O. The summed E-state index contributed by atoms with van der Waals surface area (Å²) < 4.78 is 0. The first kappa shape index (κ1) is 6.61. The highest BCUT2D eigenvalue weighted by Gasteiger charge is 1.96. The van der Waals surface area contributed by atoms with E-state index in [1.807, 2.05) is 0 Å². The number of hydrogen-bond acceptors (Lipinski definition) is 6. The van der Waals surface area contributed by atoms with E-state index in [1.165, 1.54) is 0 Å². The van der Waals surface area contributed by atoms with Crippen molar-refractivity contribution in [2.24, 2.45) is 11.1 Å². The van der Waals surface area contributed by atoms with Crippen LogP contribution >= 0.6 is 0 Å². The Morgan fingerprint density at radius 2 is 2.38 bits per heavy atom. The molecule has 6 heteroatoms. The van der Waals surface area contributed by atoms with Gasteiger partial charge in [0.15, 0.2) is 0 Å². The van der Waals surface area contributed by atoms with Crippen molar-refractivity contribution in [2.45, 2.75) is 0 Å². The summed E-state index contributed by atoms with van der Waals surface area (Å²) in [7, 11) is 0. The van der Waals surface area contributed by atoms with E-state index in [0.29, 0.717) is 0 Å². The van der Waals surface area contributed by atoms with Gasteiger partial charge < -0.3 is 4.84 Å². The highest BCUT2D eigenvalue weighted by Crippen LogP contribution is 1.76. The smallest absolute Gasteiger partial charge is 0.339 e. The molecule has 0 aliphatic carbocycles. The van der Waals surface area contributed by atoms with E-state index in [-0.39, 0.29) is 0 Å². The molecular formula is C2H2N2O4. The van der Waals surface area contributed by atoms with Crippen LogP contribution in [0.2, 0.25) is 0 Å². The van der Waals surface area contributed by atoms with Gasteiger partial charge in [-0.05, 0) is 0 Å². The Morgan fingerprint density at radius 3 is 2.75 bits per heavy atom. The van der Waals surface area contributed by atoms with E-state index in [9.17, 15) is 4.79 Å². The van der Waals surface area contributed by atoms with E-state index >= 15 is 0 Å². The second kappa shape index (κ2) is 3.79. The predicted octanol–water partition coefficient (Wildman–Crippen LogP) is -0.736. The second-order valence-electron chi connectivity index (χ2n) is 0.642. The minimum atomic E-state index is -1.26. The van der Waals surface area contributed by atoms with Crippen molar-refractivity contribution >= 4 is 12.2 Å². The number of rotatable bonds is 1. The summed E-state index contributed by atoms with van der Waals surface area (Å²) in [6.07, 6.45) is -0.327.